The molecule has 5 nitrogen and oxygen atoms in total. The van der Waals surface area contributed by atoms with E-state index in [0.29, 0.717) is 17.1 Å². The first-order chi connectivity index (χ1) is 13.6. The molecule has 2 heterocycles. The first kappa shape index (κ1) is 18.7. The second kappa shape index (κ2) is 8.16. The average molecular weight is 410 g/mol. The number of aromatic nitrogens is 2. The molecule has 1 N–H and O–H groups in total. The van der Waals surface area contributed by atoms with Crippen LogP contribution >= 0.6 is 23.1 Å². The normalized spacial score (nSPS) is 12.2. The molecule has 1 unspecified atom stereocenters. The number of nitrogens with zero attached hydrogens (tertiary/aromatic N) is 2. The van der Waals surface area contributed by atoms with Crippen LogP contribution in [-0.4, -0.2) is 16.1 Å². The van der Waals surface area contributed by atoms with Gasteiger partial charge in [0.15, 0.2) is 10.1 Å². The molecule has 0 saturated heterocycles. The summed E-state index contributed by atoms with van der Waals surface area (Å²) in [5.41, 5.74) is 2.64. The third kappa shape index (κ3) is 3.95. The summed E-state index contributed by atoms with van der Waals surface area (Å²) >= 11 is 3.11. The Kier molecular flexibility index (Phi) is 5.45. The van der Waals surface area contributed by atoms with Gasteiger partial charge in [0.2, 0.25) is 0 Å². The summed E-state index contributed by atoms with van der Waals surface area (Å²) < 4.78 is 6.81. The van der Waals surface area contributed by atoms with E-state index in [4.69, 9.17) is 4.42 Å². The van der Waals surface area contributed by atoms with Gasteiger partial charge in [-0.1, -0.05) is 71.6 Å². The minimum Gasteiger partial charge on any atom is -0.451 e. The number of aryl methyl sites for hydroxylation is 1. The summed E-state index contributed by atoms with van der Waals surface area (Å²) in [7, 11) is 0. The van der Waals surface area contributed by atoms with Crippen molar-refractivity contribution in [2.75, 3.05) is 0 Å². The highest BCUT2D eigenvalue weighted by Crippen LogP contribution is 2.33. The largest absolute Gasteiger partial charge is 0.451 e. The quantitative estimate of drug-likeness (QED) is 0.433. The Hall–Kier alpha value is -2.64. The highest BCUT2D eigenvalue weighted by Gasteiger charge is 2.22. The highest BCUT2D eigenvalue weighted by atomic mass is 32.2. The van der Waals surface area contributed by atoms with Gasteiger partial charge in [0.05, 0.1) is 6.04 Å². The Labute approximate surface area is 171 Å². The molecular formula is C21H19N3O2S2. The number of amides is 1. The van der Waals surface area contributed by atoms with Crippen molar-refractivity contribution < 1.29 is 9.21 Å². The van der Waals surface area contributed by atoms with Crippen molar-refractivity contribution in [2.45, 2.75) is 30.0 Å². The second-order valence-electron chi connectivity index (χ2n) is 6.39. The highest BCUT2D eigenvalue weighted by molar-refractivity contribution is 8.00. The van der Waals surface area contributed by atoms with E-state index in [2.05, 4.69) is 15.5 Å². The zero-order valence-corrected chi connectivity index (χ0v) is 17.1. The molecule has 0 bridgehead atoms. The van der Waals surface area contributed by atoms with Crippen LogP contribution < -0.4 is 5.32 Å². The maximum Gasteiger partial charge on any atom is 0.287 e. The fraction of sp³-hybridized carbons (Fsp3) is 0.190. The molecule has 1 atom stereocenters. The average Bonchev–Trinajstić information content (AvgIpc) is 3.30. The maximum absolute atomic E-state index is 13.0. The zero-order valence-electron chi connectivity index (χ0n) is 15.5. The number of nitrogens with one attached hydrogen (secondary N) is 1. The lowest BCUT2D eigenvalue weighted by Crippen LogP contribution is -2.27. The van der Waals surface area contributed by atoms with Gasteiger partial charge < -0.3 is 9.73 Å². The van der Waals surface area contributed by atoms with Crippen molar-refractivity contribution in [1.82, 2.24) is 15.5 Å². The van der Waals surface area contributed by atoms with Gasteiger partial charge in [-0.15, -0.1) is 10.2 Å². The fourth-order valence-electron chi connectivity index (χ4n) is 2.98. The molecule has 4 rings (SSSR count). The van der Waals surface area contributed by atoms with Crippen LogP contribution in [-0.2, 0) is 5.75 Å². The SMILES string of the molecule is Cc1nnc(SCc2c(C(=O)NC(C)c3ccccc3)oc3ccccc23)s1. The van der Waals surface area contributed by atoms with Gasteiger partial charge >= 0.3 is 0 Å². The number of rotatable bonds is 6. The monoisotopic (exact) mass is 409 g/mol. The summed E-state index contributed by atoms with van der Waals surface area (Å²) in [6, 6.07) is 17.5. The second-order valence-corrected chi connectivity index (χ2v) is 8.79. The molecule has 0 spiro atoms. The summed E-state index contributed by atoms with van der Waals surface area (Å²) in [5.74, 6) is 0.739. The maximum atomic E-state index is 13.0. The van der Waals surface area contributed by atoms with Gasteiger partial charge in [-0.05, 0) is 25.5 Å². The van der Waals surface area contributed by atoms with Gasteiger partial charge in [-0.3, -0.25) is 4.79 Å². The Balaban J connectivity index is 1.61. The number of fused-ring (bicyclic) bond motifs is 1. The van der Waals surface area contributed by atoms with Crippen LogP contribution in [0.4, 0.5) is 0 Å². The van der Waals surface area contributed by atoms with E-state index in [1.165, 1.54) is 0 Å². The van der Waals surface area contributed by atoms with Crippen LogP contribution in [0.2, 0.25) is 0 Å². The number of thioether (sulfide) groups is 1. The lowest BCUT2D eigenvalue weighted by atomic mass is 10.1. The topological polar surface area (TPSA) is 68.0 Å². The number of carbonyl (C=O) groups is 1. The molecule has 4 aromatic rings. The standard InChI is InChI=1S/C21H19N3O2S2/c1-13(15-8-4-3-5-9-15)22-20(25)19-17(12-27-21-24-23-14(2)28-21)16-10-6-7-11-18(16)26-19/h3-11,13H,12H2,1-2H3,(H,22,25). The molecule has 0 aliphatic carbocycles. The van der Waals surface area contributed by atoms with Crippen molar-refractivity contribution in [1.29, 1.82) is 0 Å². The molecule has 142 valence electrons. The molecule has 0 saturated carbocycles. The summed E-state index contributed by atoms with van der Waals surface area (Å²) in [5, 5.41) is 13.1. The predicted molar refractivity (Wildman–Crippen MR) is 113 cm³/mol. The molecule has 2 aromatic carbocycles. The number of hydrogen-bond donors (Lipinski definition) is 1. The minimum atomic E-state index is -0.211. The third-order valence-corrected chi connectivity index (χ3v) is 6.40. The number of hydrogen-bond acceptors (Lipinski definition) is 6. The minimum absolute atomic E-state index is 0.117. The van der Waals surface area contributed by atoms with Gasteiger partial charge in [0, 0.05) is 16.7 Å². The van der Waals surface area contributed by atoms with Crippen LogP contribution in [0.15, 0.2) is 63.4 Å². The Morgan fingerprint density at radius 1 is 1.14 bits per heavy atom. The lowest BCUT2D eigenvalue weighted by Gasteiger charge is -2.13. The van der Waals surface area contributed by atoms with E-state index in [9.17, 15) is 4.79 Å². The van der Waals surface area contributed by atoms with E-state index in [1.807, 2.05) is 68.4 Å². The number of furan rings is 1. The van der Waals surface area contributed by atoms with Gasteiger partial charge in [0.25, 0.3) is 5.91 Å². The molecule has 0 aliphatic heterocycles. The van der Waals surface area contributed by atoms with Crippen molar-refractivity contribution in [2.24, 2.45) is 0 Å². The van der Waals surface area contributed by atoms with Crippen molar-refractivity contribution in [3.63, 3.8) is 0 Å². The molecule has 28 heavy (non-hydrogen) atoms. The third-order valence-electron chi connectivity index (χ3n) is 4.40. The Bertz CT molecular complexity index is 1110. The molecule has 7 heteroatoms. The lowest BCUT2D eigenvalue weighted by molar-refractivity contribution is 0.0913. The van der Waals surface area contributed by atoms with Crippen LogP contribution in [0.5, 0.6) is 0 Å². The number of carbonyl (C=O) groups excluding carboxylic acids is 1. The van der Waals surface area contributed by atoms with E-state index >= 15 is 0 Å². The molecule has 2 aromatic heterocycles. The van der Waals surface area contributed by atoms with E-state index < -0.39 is 0 Å². The molecule has 1 amide bonds. The molecule has 0 fully saturated rings. The van der Waals surface area contributed by atoms with E-state index in [-0.39, 0.29) is 11.9 Å². The number of para-hydroxylation sites is 1. The van der Waals surface area contributed by atoms with Crippen LogP contribution in [0.1, 0.15) is 39.7 Å². The summed E-state index contributed by atoms with van der Waals surface area (Å²) in [6.45, 7) is 3.90. The van der Waals surface area contributed by atoms with Crippen molar-refractivity contribution in [3.05, 3.63) is 76.5 Å². The molecular weight excluding hydrogens is 390 g/mol. The smallest absolute Gasteiger partial charge is 0.287 e. The molecule has 0 radical (unpaired) electrons. The fourth-order valence-corrected chi connectivity index (χ4v) is 4.83. The van der Waals surface area contributed by atoms with Gasteiger partial charge in [-0.2, -0.15) is 0 Å². The van der Waals surface area contributed by atoms with Gasteiger partial charge in [-0.25, -0.2) is 0 Å². The summed E-state index contributed by atoms with van der Waals surface area (Å²) in [6.07, 6.45) is 0. The van der Waals surface area contributed by atoms with Crippen LogP contribution in [0.25, 0.3) is 11.0 Å². The van der Waals surface area contributed by atoms with Crippen molar-refractivity contribution in [3.8, 4) is 0 Å². The Morgan fingerprint density at radius 3 is 2.64 bits per heavy atom. The zero-order chi connectivity index (χ0) is 19.5. The first-order valence-corrected chi connectivity index (χ1v) is 10.7. The number of benzene rings is 2. The predicted octanol–water partition coefficient (Wildman–Crippen LogP) is 5.38. The van der Waals surface area contributed by atoms with E-state index in [1.54, 1.807) is 23.1 Å². The Morgan fingerprint density at radius 2 is 1.89 bits per heavy atom. The van der Waals surface area contributed by atoms with Crippen molar-refractivity contribution >= 4 is 40.0 Å². The van der Waals surface area contributed by atoms with Crippen LogP contribution in [0.3, 0.4) is 0 Å². The first-order valence-electron chi connectivity index (χ1n) is 8.91. The van der Waals surface area contributed by atoms with E-state index in [0.717, 1.165) is 25.9 Å². The van der Waals surface area contributed by atoms with Gasteiger partial charge in [0.1, 0.15) is 10.6 Å². The van der Waals surface area contributed by atoms with Crippen LogP contribution in [0, 0.1) is 6.92 Å². The summed E-state index contributed by atoms with van der Waals surface area (Å²) in [4.78, 5) is 13.0. The molecule has 0 aliphatic rings.